The number of carbonyl (C=O) groups is 1. The van der Waals surface area contributed by atoms with Crippen LogP contribution in [0.25, 0.3) is 0 Å². The van der Waals surface area contributed by atoms with Crippen LogP contribution < -0.4 is 34.7 Å². The first kappa shape index (κ1) is 10.5. The molecule has 36 valence electrons. The van der Waals surface area contributed by atoms with E-state index in [0.29, 0.717) is 6.42 Å². The van der Waals surface area contributed by atoms with Gasteiger partial charge in [-0.15, -0.1) is 0 Å². The molecule has 0 aliphatic carbocycles. The smallest absolute Gasteiger partial charge is 0.550 e. The fourth-order valence-corrected chi connectivity index (χ4v) is 0.204. The Labute approximate surface area is 65.2 Å². The number of hydrogen-bond acceptors (Lipinski definition) is 2. The van der Waals surface area contributed by atoms with Gasteiger partial charge in [-0.2, -0.15) is 0 Å². The first-order valence-electron chi connectivity index (χ1n) is 1.97. The molecule has 0 saturated heterocycles. The van der Waals surface area contributed by atoms with Crippen molar-refractivity contribution in [1.82, 2.24) is 0 Å². The summed E-state index contributed by atoms with van der Waals surface area (Å²) in [5, 5.41) is 9.49. The van der Waals surface area contributed by atoms with E-state index in [0.717, 1.165) is 0 Å². The van der Waals surface area contributed by atoms with Crippen LogP contribution in [0.15, 0.2) is 0 Å². The van der Waals surface area contributed by atoms with E-state index in [4.69, 9.17) is 0 Å². The van der Waals surface area contributed by atoms with Crippen LogP contribution >= 0.6 is 0 Å². The average molecular weight is 112 g/mol. The maximum Gasteiger partial charge on any atom is 1.00 e. The minimum atomic E-state index is -0.961. The van der Waals surface area contributed by atoms with Gasteiger partial charge in [-0.05, 0) is 6.42 Å². The Hall–Kier alpha value is 0.470. The number of carboxylic acids is 1. The van der Waals surface area contributed by atoms with Gasteiger partial charge < -0.3 is 9.90 Å². The van der Waals surface area contributed by atoms with Crippen molar-refractivity contribution in [2.45, 2.75) is 19.8 Å². The first-order chi connectivity index (χ1) is 2.77. The number of aliphatic carboxylic acids is 1. The Morgan fingerprint density at radius 2 is 2.14 bits per heavy atom. The normalized spacial score (nSPS) is 7.00. The van der Waals surface area contributed by atoms with E-state index in [1.54, 1.807) is 6.92 Å². The summed E-state index contributed by atoms with van der Waals surface area (Å²) < 4.78 is 0. The number of hydrogen-bond donors (Lipinski definition) is 0. The van der Waals surface area contributed by atoms with E-state index in [9.17, 15) is 9.90 Å². The molecule has 0 aromatic rings. The molecule has 0 fully saturated rings. The molecule has 0 aromatic heterocycles. The number of rotatable bonds is 2. The molecule has 0 heterocycles. The first-order valence-corrected chi connectivity index (χ1v) is 1.97. The van der Waals surface area contributed by atoms with Gasteiger partial charge in [-0.1, -0.05) is 13.3 Å². The van der Waals surface area contributed by atoms with E-state index in [2.05, 4.69) is 0 Å². The number of carbonyl (C=O) groups excluding carboxylic acids is 1. The molecular formula is C4H7NaO2. The Morgan fingerprint density at radius 3 is 2.14 bits per heavy atom. The third-order valence-corrected chi connectivity index (χ3v) is 0.454. The molecule has 0 atom stereocenters. The van der Waals surface area contributed by atoms with Crippen LogP contribution in [0.3, 0.4) is 0 Å². The second-order valence-corrected chi connectivity index (χ2v) is 1.12. The molecule has 0 rings (SSSR count). The molecule has 0 N–H and O–H groups in total. The summed E-state index contributed by atoms with van der Waals surface area (Å²) >= 11 is 0. The van der Waals surface area contributed by atoms with Crippen molar-refractivity contribution in [2.75, 3.05) is 0 Å². The van der Waals surface area contributed by atoms with Crippen molar-refractivity contribution in [1.29, 1.82) is 0 Å². The molecular weight excluding hydrogens is 105 g/mol. The Balaban J connectivity index is 0. The molecule has 2 nitrogen and oxygen atoms in total. The van der Waals surface area contributed by atoms with E-state index in [1.165, 1.54) is 0 Å². The molecule has 0 spiro atoms. The fourth-order valence-electron chi connectivity index (χ4n) is 0.204. The predicted molar refractivity (Wildman–Crippen MR) is 19.9 cm³/mol. The third kappa shape index (κ3) is 10.7. The van der Waals surface area contributed by atoms with Gasteiger partial charge in [0.25, 0.3) is 0 Å². The van der Waals surface area contributed by atoms with Crippen LogP contribution in [0.4, 0.5) is 0 Å². The minimum absolute atomic E-state index is 0. The standard InChI is InChI=1S/C4H8O2.Na/c1-2-3-4(5)6;/h2-3H2,1H3,(H,5,6);/q;+1/p-1/i1+1,3+1;. The molecule has 0 radical (unpaired) electrons. The van der Waals surface area contributed by atoms with Crippen molar-refractivity contribution in [3.63, 3.8) is 0 Å². The monoisotopic (exact) mass is 112 g/mol. The van der Waals surface area contributed by atoms with E-state index in [-0.39, 0.29) is 36.0 Å². The Kier molecular flexibility index (Phi) is 9.66. The quantitative estimate of drug-likeness (QED) is 0.275. The minimum Gasteiger partial charge on any atom is -0.550 e. The summed E-state index contributed by atoms with van der Waals surface area (Å²) in [4.78, 5) is 9.49. The predicted octanol–water partition coefficient (Wildman–Crippen LogP) is -3.46. The molecule has 0 saturated carbocycles. The molecule has 0 aromatic carbocycles. The molecule has 0 aliphatic heterocycles. The summed E-state index contributed by atoms with van der Waals surface area (Å²) in [6, 6.07) is 0. The second-order valence-electron chi connectivity index (χ2n) is 1.12. The van der Waals surface area contributed by atoms with Crippen LogP contribution in [-0.4, -0.2) is 5.97 Å². The zero-order valence-electron chi connectivity index (χ0n) is 4.73. The topological polar surface area (TPSA) is 40.1 Å². The third-order valence-electron chi connectivity index (χ3n) is 0.454. The van der Waals surface area contributed by atoms with Crippen molar-refractivity contribution < 1.29 is 39.5 Å². The Morgan fingerprint density at radius 1 is 1.71 bits per heavy atom. The second kappa shape index (κ2) is 6.47. The fraction of sp³-hybridized carbons (Fsp3) is 0.750. The molecule has 0 bridgehead atoms. The zero-order valence-corrected chi connectivity index (χ0v) is 6.73. The molecule has 3 heteroatoms. The van der Waals surface area contributed by atoms with Gasteiger partial charge >= 0.3 is 29.6 Å². The van der Waals surface area contributed by atoms with Crippen molar-refractivity contribution in [3.05, 3.63) is 0 Å². The molecule has 7 heavy (non-hydrogen) atoms. The van der Waals surface area contributed by atoms with Gasteiger partial charge in [-0.3, -0.25) is 0 Å². The summed E-state index contributed by atoms with van der Waals surface area (Å²) in [5.41, 5.74) is 0. The van der Waals surface area contributed by atoms with E-state index in [1.807, 2.05) is 0 Å². The van der Waals surface area contributed by atoms with Crippen LogP contribution in [-0.2, 0) is 4.79 Å². The van der Waals surface area contributed by atoms with Gasteiger partial charge in [-0.25, -0.2) is 0 Å². The van der Waals surface area contributed by atoms with Gasteiger partial charge in [0.15, 0.2) is 0 Å². The van der Waals surface area contributed by atoms with Gasteiger partial charge in [0.2, 0.25) is 0 Å². The summed E-state index contributed by atoms with van der Waals surface area (Å²) in [5.74, 6) is -0.961. The summed E-state index contributed by atoms with van der Waals surface area (Å²) in [6.07, 6.45) is 0.850. The Bertz CT molecular complexity index is 53.7. The van der Waals surface area contributed by atoms with E-state index >= 15 is 0 Å². The molecule has 0 unspecified atom stereocenters. The molecule has 0 amide bonds. The van der Waals surface area contributed by atoms with Gasteiger partial charge in [0.1, 0.15) is 0 Å². The van der Waals surface area contributed by atoms with Crippen LogP contribution in [0.1, 0.15) is 19.8 Å². The van der Waals surface area contributed by atoms with Crippen molar-refractivity contribution >= 4 is 5.97 Å². The van der Waals surface area contributed by atoms with Crippen LogP contribution in [0.5, 0.6) is 0 Å². The van der Waals surface area contributed by atoms with Crippen LogP contribution in [0, 0.1) is 0 Å². The average Bonchev–Trinajstić information content (AvgIpc) is 1.35. The SMILES string of the molecule is [13CH3]C[13CH2]C(=O)[O-].[Na+]. The van der Waals surface area contributed by atoms with Crippen LogP contribution in [0.2, 0.25) is 0 Å². The van der Waals surface area contributed by atoms with E-state index < -0.39 is 5.97 Å². The largest absolute Gasteiger partial charge is 1.00 e. The van der Waals surface area contributed by atoms with Crippen molar-refractivity contribution in [3.8, 4) is 0 Å². The van der Waals surface area contributed by atoms with Crippen molar-refractivity contribution in [2.24, 2.45) is 0 Å². The summed E-state index contributed by atoms with van der Waals surface area (Å²) in [7, 11) is 0. The maximum absolute atomic E-state index is 9.49. The zero-order chi connectivity index (χ0) is 4.99. The van der Waals surface area contributed by atoms with Gasteiger partial charge in [0.05, 0.1) is 0 Å². The maximum atomic E-state index is 9.49. The molecule has 0 aliphatic rings. The van der Waals surface area contributed by atoms with Gasteiger partial charge in [0, 0.05) is 5.97 Å². The number of carboxylic acid groups (broad SMARTS) is 1. The summed E-state index contributed by atoms with van der Waals surface area (Å²) in [6.45, 7) is 1.80.